The summed E-state index contributed by atoms with van der Waals surface area (Å²) in [6, 6.07) is 13.9. The van der Waals surface area contributed by atoms with Crippen LogP contribution in [0.25, 0.3) is 0 Å². The van der Waals surface area contributed by atoms with Gasteiger partial charge in [0.15, 0.2) is 0 Å². The summed E-state index contributed by atoms with van der Waals surface area (Å²) in [7, 11) is 0. The van der Waals surface area contributed by atoms with Crippen molar-refractivity contribution in [3.05, 3.63) is 59.2 Å². The Morgan fingerprint density at radius 3 is 2.71 bits per heavy atom. The molecule has 0 heterocycles. The van der Waals surface area contributed by atoms with E-state index in [-0.39, 0.29) is 6.03 Å². The minimum atomic E-state index is -0.186. The molecule has 3 rings (SSSR count). The van der Waals surface area contributed by atoms with E-state index >= 15 is 0 Å². The van der Waals surface area contributed by atoms with Gasteiger partial charge in [-0.05, 0) is 60.6 Å². The SMILES string of the molecule is CCc1ccccc1NC(=O)Nc1ccc2c(c1)CCC2. The first-order valence-electron chi connectivity index (χ1n) is 7.54. The number of urea groups is 1. The van der Waals surface area contributed by atoms with E-state index in [1.54, 1.807) is 0 Å². The van der Waals surface area contributed by atoms with Crippen molar-refractivity contribution in [3.63, 3.8) is 0 Å². The maximum Gasteiger partial charge on any atom is 0.323 e. The summed E-state index contributed by atoms with van der Waals surface area (Å²) in [6.45, 7) is 2.08. The predicted molar refractivity (Wildman–Crippen MR) is 86.9 cm³/mol. The molecule has 1 aliphatic rings. The molecule has 2 aromatic rings. The number of rotatable bonds is 3. The predicted octanol–water partition coefficient (Wildman–Crippen LogP) is 4.38. The molecule has 0 radical (unpaired) electrons. The van der Waals surface area contributed by atoms with Crippen LogP contribution < -0.4 is 10.6 Å². The van der Waals surface area contributed by atoms with Crippen molar-refractivity contribution in [2.45, 2.75) is 32.6 Å². The van der Waals surface area contributed by atoms with Crippen LogP contribution in [0.4, 0.5) is 16.2 Å². The van der Waals surface area contributed by atoms with E-state index in [0.717, 1.165) is 36.2 Å². The van der Waals surface area contributed by atoms with Gasteiger partial charge in [0.25, 0.3) is 0 Å². The Kier molecular flexibility index (Phi) is 3.91. The highest BCUT2D eigenvalue weighted by atomic mass is 16.2. The summed E-state index contributed by atoms with van der Waals surface area (Å²) in [4.78, 5) is 12.1. The first-order valence-corrected chi connectivity index (χ1v) is 7.54. The molecule has 0 bridgehead atoms. The lowest BCUT2D eigenvalue weighted by molar-refractivity contribution is 0.262. The number of hydrogen-bond donors (Lipinski definition) is 2. The summed E-state index contributed by atoms with van der Waals surface area (Å²) in [5, 5.41) is 5.85. The molecule has 2 N–H and O–H groups in total. The average Bonchev–Trinajstić information content (AvgIpc) is 2.95. The van der Waals surface area contributed by atoms with Crippen LogP contribution in [-0.2, 0) is 19.3 Å². The average molecular weight is 280 g/mol. The lowest BCUT2D eigenvalue weighted by Crippen LogP contribution is -2.20. The van der Waals surface area contributed by atoms with Gasteiger partial charge in [0, 0.05) is 11.4 Å². The van der Waals surface area contributed by atoms with E-state index in [4.69, 9.17) is 0 Å². The van der Waals surface area contributed by atoms with Crippen LogP contribution >= 0.6 is 0 Å². The highest BCUT2D eigenvalue weighted by Gasteiger charge is 2.12. The van der Waals surface area contributed by atoms with Crippen LogP contribution in [0.5, 0.6) is 0 Å². The van der Waals surface area contributed by atoms with Gasteiger partial charge >= 0.3 is 6.03 Å². The minimum Gasteiger partial charge on any atom is -0.308 e. The summed E-state index contributed by atoms with van der Waals surface area (Å²) in [5.41, 5.74) is 5.65. The zero-order chi connectivity index (χ0) is 14.7. The molecule has 2 amide bonds. The molecule has 0 fully saturated rings. The zero-order valence-electron chi connectivity index (χ0n) is 12.3. The molecule has 0 spiro atoms. The van der Waals surface area contributed by atoms with E-state index in [1.165, 1.54) is 17.5 Å². The second-order valence-corrected chi connectivity index (χ2v) is 5.43. The minimum absolute atomic E-state index is 0.186. The number of anilines is 2. The Bertz CT molecular complexity index is 664. The van der Waals surface area contributed by atoms with Crippen molar-refractivity contribution < 1.29 is 4.79 Å². The fourth-order valence-electron chi connectivity index (χ4n) is 2.88. The van der Waals surface area contributed by atoms with E-state index in [1.807, 2.05) is 30.3 Å². The largest absolute Gasteiger partial charge is 0.323 e. The highest BCUT2D eigenvalue weighted by molar-refractivity contribution is 6.00. The van der Waals surface area contributed by atoms with Crippen LogP contribution in [-0.4, -0.2) is 6.03 Å². The van der Waals surface area contributed by atoms with Crippen LogP contribution in [0.2, 0.25) is 0 Å². The molecule has 108 valence electrons. The van der Waals surface area contributed by atoms with Crippen LogP contribution in [0.15, 0.2) is 42.5 Å². The normalized spacial score (nSPS) is 12.8. The van der Waals surface area contributed by atoms with E-state index in [9.17, 15) is 4.79 Å². The summed E-state index contributed by atoms with van der Waals surface area (Å²) in [5.74, 6) is 0. The third-order valence-corrected chi connectivity index (χ3v) is 4.00. The molecule has 0 aliphatic heterocycles. The maximum atomic E-state index is 12.1. The number of carbonyl (C=O) groups is 1. The molecule has 2 aromatic carbocycles. The van der Waals surface area contributed by atoms with Gasteiger partial charge in [0.1, 0.15) is 0 Å². The Labute approximate surface area is 125 Å². The van der Waals surface area contributed by atoms with E-state index in [0.29, 0.717) is 0 Å². The molecular formula is C18H20N2O. The molecule has 0 saturated heterocycles. The third kappa shape index (κ3) is 3.07. The monoisotopic (exact) mass is 280 g/mol. The van der Waals surface area contributed by atoms with Gasteiger partial charge in [-0.1, -0.05) is 31.2 Å². The van der Waals surface area contributed by atoms with Gasteiger partial charge in [-0.2, -0.15) is 0 Å². The van der Waals surface area contributed by atoms with Crippen LogP contribution in [0.3, 0.4) is 0 Å². The molecule has 0 unspecified atom stereocenters. The van der Waals surface area contributed by atoms with Gasteiger partial charge in [-0.3, -0.25) is 0 Å². The topological polar surface area (TPSA) is 41.1 Å². The summed E-state index contributed by atoms with van der Waals surface area (Å²) >= 11 is 0. The quantitative estimate of drug-likeness (QED) is 0.860. The number of para-hydroxylation sites is 1. The lowest BCUT2D eigenvalue weighted by Gasteiger charge is -2.11. The number of fused-ring (bicyclic) bond motifs is 1. The van der Waals surface area contributed by atoms with Gasteiger partial charge in [0.2, 0.25) is 0 Å². The van der Waals surface area contributed by atoms with Gasteiger partial charge in [-0.15, -0.1) is 0 Å². The van der Waals surface area contributed by atoms with Crippen LogP contribution in [0, 0.1) is 0 Å². The fraction of sp³-hybridized carbons (Fsp3) is 0.278. The van der Waals surface area contributed by atoms with E-state index < -0.39 is 0 Å². The van der Waals surface area contributed by atoms with Gasteiger partial charge in [0.05, 0.1) is 0 Å². The number of amides is 2. The van der Waals surface area contributed by atoms with E-state index in [2.05, 4.69) is 29.7 Å². The van der Waals surface area contributed by atoms with Gasteiger partial charge < -0.3 is 10.6 Å². The molecule has 3 heteroatoms. The standard InChI is InChI=1S/C18H20N2O/c1-2-13-6-3-4-9-17(13)20-18(21)19-16-11-10-14-7-5-8-15(14)12-16/h3-4,6,9-12H,2,5,7-8H2,1H3,(H2,19,20,21). The molecule has 3 nitrogen and oxygen atoms in total. The highest BCUT2D eigenvalue weighted by Crippen LogP contribution is 2.25. The smallest absolute Gasteiger partial charge is 0.308 e. The second kappa shape index (κ2) is 6.00. The van der Waals surface area contributed by atoms with Crippen molar-refractivity contribution in [2.24, 2.45) is 0 Å². The van der Waals surface area contributed by atoms with Gasteiger partial charge in [-0.25, -0.2) is 4.79 Å². The Hall–Kier alpha value is -2.29. The Balaban J connectivity index is 1.69. The first kappa shape index (κ1) is 13.7. The lowest BCUT2D eigenvalue weighted by atomic mass is 10.1. The summed E-state index contributed by atoms with van der Waals surface area (Å²) < 4.78 is 0. The molecule has 0 atom stereocenters. The van der Waals surface area contributed by atoms with Crippen molar-refractivity contribution >= 4 is 17.4 Å². The van der Waals surface area contributed by atoms with Crippen molar-refractivity contribution in [1.82, 2.24) is 0 Å². The molecule has 0 saturated carbocycles. The molecule has 1 aliphatic carbocycles. The van der Waals surface area contributed by atoms with Crippen molar-refractivity contribution in [1.29, 1.82) is 0 Å². The Morgan fingerprint density at radius 1 is 1.05 bits per heavy atom. The fourth-order valence-corrected chi connectivity index (χ4v) is 2.88. The maximum absolute atomic E-state index is 12.1. The molecule has 0 aromatic heterocycles. The molecular weight excluding hydrogens is 260 g/mol. The first-order chi connectivity index (χ1) is 10.3. The molecule has 21 heavy (non-hydrogen) atoms. The number of nitrogens with one attached hydrogen (secondary N) is 2. The third-order valence-electron chi connectivity index (χ3n) is 4.00. The zero-order valence-corrected chi connectivity index (χ0v) is 12.3. The number of carbonyl (C=O) groups excluding carboxylic acids is 1. The van der Waals surface area contributed by atoms with Crippen molar-refractivity contribution in [2.75, 3.05) is 10.6 Å². The second-order valence-electron chi connectivity index (χ2n) is 5.43. The van der Waals surface area contributed by atoms with Crippen molar-refractivity contribution in [3.8, 4) is 0 Å². The Morgan fingerprint density at radius 2 is 1.86 bits per heavy atom. The summed E-state index contributed by atoms with van der Waals surface area (Å²) in [6.07, 6.45) is 4.39. The number of aryl methyl sites for hydroxylation is 3. The number of benzene rings is 2. The number of hydrogen-bond acceptors (Lipinski definition) is 1. The van der Waals surface area contributed by atoms with Crippen LogP contribution in [0.1, 0.15) is 30.0 Å².